The average molecular weight is 386 g/mol. The Kier molecular flexibility index (Phi) is 6.14. The normalized spacial score (nSPS) is 11.2. The highest BCUT2D eigenvalue weighted by atomic mass is 19.4. The fourth-order valence-electron chi connectivity index (χ4n) is 2.29. The predicted octanol–water partition coefficient (Wildman–Crippen LogP) is 4.05. The second-order valence-electron chi connectivity index (χ2n) is 5.71. The van der Waals surface area contributed by atoms with Gasteiger partial charge in [-0.05, 0) is 36.8 Å². The number of rotatable bonds is 5. The summed E-state index contributed by atoms with van der Waals surface area (Å²) in [6.45, 7) is 1.12. The summed E-state index contributed by atoms with van der Waals surface area (Å²) in [5.74, 6) is -3.35. The van der Waals surface area contributed by atoms with Crippen LogP contribution in [0.5, 0.6) is 0 Å². The van der Waals surface area contributed by atoms with E-state index in [1.807, 2.05) is 0 Å². The molecule has 0 aromatic heterocycles. The third-order valence-corrected chi connectivity index (χ3v) is 3.64. The quantitative estimate of drug-likeness (QED) is 0.762. The van der Waals surface area contributed by atoms with Crippen molar-refractivity contribution in [1.29, 1.82) is 0 Å². The Bertz CT molecular complexity index is 865. The van der Waals surface area contributed by atoms with E-state index in [2.05, 4.69) is 10.6 Å². The minimum absolute atomic E-state index is 0.0223. The van der Waals surface area contributed by atoms with E-state index in [1.165, 1.54) is 19.1 Å². The zero-order valence-electron chi connectivity index (χ0n) is 14.1. The molecule has 2 aromatic carbocycles. The van der Waals surface area contributed by atoms with Gasteiger partial charge >= 0.3 is 6.18 Å². The topological polar surface area (TPSA) is 58.2 Å². The fraction of sp³-hybridized carbons (Fsp3) is 0.222. The zero-order valence-corrected chi connectivity index (χ0v) is 14.1. The Balaban J connectivity index is 1.90. The van der Waals surface area contributed by atoms with Gasteiger partial charge in [0, 0.05) is 24.7 Å². The first-order chi connectivity index (χ1) is 12.6. The van der Waals surface area contributed by atoms with Crippen molar-refractivity contribution in [3.8, 4) is 0 Å². The molecule has 144 valence electrons. The zero-order chi connectivity index (χ0) is 20.2. The van der Waals surface area contributed by atoms with E-state index < -0.39 is 35.2 Å². The van der Waals surface area contributed by atoms with Crippen molar-refractivity contribution in [2.45, 2.75) is 19.5 Å². The van der Waals surface area contributed by atoms with Crippen LogP contribution in [0.25, 0.3) is 0 Å². The standard InChI is InChI=1S/C18H15F5N2O2/c1-10-2-4-12(9-14(10)18(21,22)23)25-16(26)6-7-24-17(27)13-5-3-11(19)8-15(13)20/h2-5,8-9H,6-7H2,1H3,(H,24,27)(H,25,26). The summed E-state index contributed by atoms with van der Waals surface area (Å²) in [4.78, 5) is 23.6. The van der Waals surface area contributed by atoms with Crippen molar-refractivity contribution in [3.05, 3.63) is 64.7 Å². The lowest BCUT2D eigenvalue weighted by molar-refractivity contribution is -0.138. The van der Waals surface area contributed by atoms with E-state index in [9.17, 15) is 31.5 Å². The van der Waals surface area contributed by atoms with E-state index in [4.69, 9.17) is 0 Å². The Hall–Kier alpha value is -2.97. The highest BCUT2D eigenvalue weighted by Crippen LogP contribution is 2.33. The number of aryl methyl sites for hydroxylation is 1. The third kappa shape index (κ3) is 5.50. The number of hydrogen-bond donors (Lipinski definition) is 2. The summed E-state index contributed by atoms with van der Waals surface area (Å²) in [5, 5.41) is 4.58. The summed E-state index contributed by atoms with van der Waals surface area (Å²) in [7, 11) is 0. The second-order valence-corrected chi connectivity index (χ2v) is 5.71. The minimum Gasteiger partial charge on any atom is -0.351 e. The SMILES string of the molecule is Cc1ccc(NC(=O)CCNC(=O)c2ccc(F)cc2F)cc1C(F)(F)F. The van der Waals surface area contributed by atoms with Gasteiger partial charge < -0.3 is 10.6 Å². The molecule has 9 heteroatoms. The van der Waals surface area contributed by atoms with Gasteiger partial charge in [0.2, 0.25) is 5.91 Å². The molecule has 2 N–H and O–H groups in total. The first-order valence-corrected chi connectivity index (χ1v) is 7.79. The van der Waals surface area contributed by atoms with E-state index in [0.29, 0.717) is 6.07 Å². The molecular formula is C18H15F5N2O2. The van der Waals surface area contributed by atoms with Crippen LogP contribution >= 0.6 is 0 Å². The molecular weight excluding hydrogens is 371 g/mol. The maximum Gasteiger partial charge on any atom is 0.416 e. The molecule has 0 aliphatic heterocycles. The molecule has 4 nitrogen and oxygen atoms in total. The van der Waals surface area contributed by atoms with Crippen LogP contribution in [-0.4, -0.2) is 18.4 Å². The predicted molar refractivity (Wildman–Crippen MR) is 88.1 cm³/mol. The monoisotopic (exact) mass is 386 g/mol. The Labute approximate surface area is 151 Å². The number of hydrogen-bond acceptors (Lipinski definition) is 2. The molecule has 0 radical (unpaired) electrons. The summed E-state index contributed by atoms with van der Waals surface area (Å²) in [5.41, 5.74) is -1.26. The molecule has 0 atom stereocenters. The van der Waals surface area contributed by atoms with Crippen molar-refractivity contribution in [1.82, 2.24) is 5.32 Å². The molecule has 0 aliphatic rings. The number of alkyl halides is 3. The largest absolute Gasteiger partial charge is 0.416 e. The summed E-state index contributed by atoms with van der Waals surface area (Å²) in [6.07, 6.45) is -4.79. The molecule has 2 rings (SSSR count). The Morgan fingerprint density at radius 2 is 1.74 bits per heavy atom. The molecule has 0 saturated carbocycles. The Morgan fingerprint density at radius 1 is 1.04 bits per heavy atom. The van der Waals surface area contributed by atoms with Gasteiger partial charge in [-0.15, -0.1) is 0 Å². The number of benzene rings is 2. The lowest BCUT2D eigenvalue weighted by Crippen LogP contribution is -2.28. The van der Waals surface area contributed by atoms with Gasteiger partial charge in [0.25, 0.3) is 5.91 Å². The summed E-state index contributed by atoms with van der Waals surface area (Å²) >= 11 is 0. The lowest BCUT2D eigenvalue weighted by Gasteiger charge is -2.13. The number of anilines is 1. The van der Waals surface area contributed by atoms with Gasteiger partial charge in [-0.25, -0.2) is 8.78 Å². The van der Waals surface area contributed by atoms with E-state index >= 15 is 0 Å². The molecule has 0 spiro atoms. The minimum atomic E-state index is -4.54. The molecule has 0 unspecified atom stereocenters. The molecule has 0 aliphatic carbocycles. The maximum atomic E-state index is 13.5. The third-order valence-electron chi connectivity index (χ3n) is 3.64. The van der Waals surface area contributed by atoms with Crippen LogP contribution in [0.15, 0.2) is 36.4 Å². The highest BCUT2D eigenvalue weighted by Gasteiger charge is 2.32. The first kappa shape index (κ1) is 20.3. The van der Waals surface area contributed by atoms with Gasteiger partial charge in [0.15, 0.2) is 0 Å². The van der Waals surface area contributed by atoms with Crippen LogP contribution < -0.4 is 10.6 Å². The smallest absolute Gasteiger partial charge is 0.351 e. The van der Waals surface area contributed by atoms with Crippen LogP contribution in [0.1, 0.15) is 27.9 Å². The van der Waals surface area contributed by atoms with Gasteiger partial charge in [-0.2, -0.15) is 13.2 Å². The molecule has 0 bridgehead atoms. The van der Waals surface area contributed by atoms with Crippen LogP contribution in [0, 0.1) is 18.6 Å². The van der Waals surface area contributed by atoms with Gasteiger partial charge in [-0.3, -0.25) is 9.59 Å². The number of carbonyl (C=O) groups is 2. The van der Waals surface area contributed by atoms with E-state index in [0.717, 1.165) is 18.2 Å². The maximum absolute atomic E-state index is 13.5. The molecule has 0 heterocycles. The van der Waals surface area contributed by atoms with Crippen LogP contribution in [0.2, 0.25) is 0 Å². The van der Waals surface area contributed by atoms with Crippen molar-refractivity contribution < 1.29 is 31.5 Å². The molecule has 2 aromatic rings. The van der Waals surface area contributed by atoms with Gasteiger partial charge in [-0.1, -0.05) is 6.07 Å². The first-order valence-electron chi connectivity index (χ1n) is 7.79. The lowest BCUT2D eigenvalue weighted by atomic mass is 10.1. The number of nitrogens with one attached hydrogen (secondary N) is 2. The fourth-order valence-corrected chi connectivity index (χ4v) is 2.29. The second kappa shape index (κ2) is 8.15. The highest BCUT2D eigenvalue weighted by molar-refractivity contribution is 5.95. The van der Waals surface area contributed by atoms with Crippen molar-refractivity contribution in [2.75, 3.05) is 11.9 Å². The number of halogens is 5. The van der Waals surface area contributed by atoms with E-state index in [-0.39, 0.29) is 29.8 Å². The Morgan fingerprint density at radius 3 is 2.37 bits per heavy atom. The molecule has 27 heavy (non-hydrogen) atoms. The number of amides is 2. The van der Waals surface area contributed by atoms with Crippen molar-refractivity contribution >= 4 is 17.5 Å². The van der Waals surface area contributed by atoms with Crippen LogP contribution in [0.3, 0.4) is 0 Å². The number of carbonyl (C=O) groups excluding carboxylic acids is 2. The molecule has 0 saturated heterocycles. The van der Waals surface area contributed by atoms with E-state index in [1.54, 1.807) is 0 Å². The van der Waals surface area contributed by atoms with Crippen molar-refractivity contribution in [3.63, 3.8) is 0 Å². The summed E-state index contributed by atoms with van der Waals surface area (Å²) < 4.78 is 64.9. The molecule has 0 fully saturated rings. The molecule has 2 amide bonds. The van der Waals surface area contributed by atoms with Gasteiger partial charge in [0.05, 0.1) is 11.1 Å². The van der Waals surface area contributed by atoms with Crippen molar-refractivity contribution in [2.24, 2.45) is 0 Å². The van der Waals surface area contributed by atoms with Crippen LogP contribution in [-0.2, 0) is 11.0 Å². The van der Waals surface area contributed by atoms with Crippen LogP contribution in [0.4, 0.5) is 27.6 Å². The average Bonchev–Trinajstić information content (AvgIpc) is 2.55. The van der Waals surface area contributed by atoms with Gasteiger partial charge in [0.1, 0.15) is 11.6 Å². The summed E-state index contributed by atoms with van der Waals surface area (Å²) in [6, 6.07) is 5.81.